The summed E-state index contributed by atoms with van der Waals surface area (Å²) < 4.78 is 17.2. The van der Waals surface area contributed by atoms with Crippen LogP contribution in [0.4, 0.5) is 4.79 Å². The normalized spacial score (nSPS) is 13.7. The van der Waals surface area contributed by atoms with Crippen LogP contribution in [0.3, 0.4) is 0 Å². The van der Waals surface area contributed by atoms with Crippen molar-refractivity contribution in [1.82, 2.24) is 15.7 Å². The monoisotopic (exact) mass is 419 g/mol. The second-order valence-corrected chi connectivity index (χ2v) is 8.94. The molecule has 0 aromatic heterocycles. The molecular formula is C19H31LiN3O5P. The van der Waals surface area contributed by atoms with Gasteiger partial charge in [0.1, 0.15) is 6.61 Å². The molecule has 0 heterocycles. The molecular weight excluding hydrogens is 388 g/mol. The molecule has 0 saturated carbocycles. The third-order valence-electron chi connectivity index (χ3n) is 3.91. The second-order valence-electron chi connectivity index (χ2n) is 7.01. The standard InChI is InChI=1S/C19H32N3O5P.Li/c1-4-8-17(18(23)20-12-11-15(2)3)22-28(25,26)14-21-19(24)27-13-16-9-6-5-7-10-16;/h5-7,9-10,15,17H,4,8,11-14H2,1-3H3,(H,20,23)(H,21,24)(H2,22,25,26);/q;+1/p-1/t17-;/m0./s1. The number of carbonyl (C=O) groups excluding carboxylic acids is 2. The molecule has 2 atom stereocenters. The van der Waals surface area contributed by atoms with Crippen LogP contribution >= 0.6 is 7.52 Å². The minimum Gasteiger partial charge on any atom is -0.787 e. The zero-order chi connectivity index (χ0) is 21.0. The van der Waals surface area contributed by atoms with E-state index in [2.05, 4.69) is 15.7 Å². The van der Waals surface area contributed by atoms with E-state index in [1.807, 2.05) is 39.0 Å². The first-order valence-electron chi connectivity index (χ1n) is 9.53. The molecule has 0 aliphatic carbocycles. The van der Waals surface area contributed by atoms with Gasteiger partial charge < -0.3 is 24.8 Å². The van der Waals surface area contributed by atoms with Crippen LogP contribution in [-0.4, -0.2) is 30.9 Å². The van der Waals surface area contributed by atoms with Crippen molar-refractivity contribution in [3.05, 3.63) is 35.9 Å². The fourth-order valence-electron chi connectivity index (χ4n) is 2.38. The van der Waals surface area contributed by atoms with E-state index in [0.29, 0.717) is 25.3 Å². The minimum absolute atomic E-state index is 0. The predicted octanol–water partition coefficient (Wildman–Crippen LogP) is -0.652. The van der Waals surface area contributed by atoms with Crippen LogP contribution in [-0.2, 0) is 20.7 Å². The smallest absolute Gasteiger partial charge is 0.787 e. The van der Waals surface area contributed by atoms with Crippen molar-refractivity contribution in [3.63, 3.8) is 0 Å². The van der Waals surface area contributed by atoms with E-state index in [9.17, 15) is 19.0 Å². The van der Waals surface area contributed by atoms with Crippen molar-refractivity contribution in [2.45, 2.75) is 52.7 Å². The van der Waals surface area contributed by atoms with Gasteiger partial charge in [0.15, 0.2) is 0 Å². The van der Waals surface area contributed by atoms with Crippen molar-refractivity contribution < 1.29 is 42.6 Å². The quantitative estimate of drug-likeness (QED) is 0.306. The van der Waals surface area contributed by atoms with Gasteiger partial charge in [0, 0.05) is 6.54 Å². The van der Waals surface area contributed by atoms with Crippen molar-refractivity contribution >= 4 is 19.5 Å². The van der Waals surface area contributed by atoms with Crippen molar-refractivity contribution in [2.75, 3.05) is 12.8 Å². The Morgan fingerprint density at radius 1 is 1.14 bits per heavy atom. The fraction of sp³-hybridized carbons (Fsp3) is 0.579. The number of benzene rings is 1. The van der Waals surface area contributed by atoms with E-state index >= 15 is 0 Å². The molecule has 0 spiro atoms. The molecule has 29 heavy (non-hydrogen) atoms. The van der Waals surface area contributed by atoms with Gasteiger partial charge in [-0.15, -0.1) is 0 Å². The first-order chi connectivity index (χ1) is 13.2. The van der Waals surface area contributed by atoms with Crippen LogP contribution in [0.2, 0.25) is 0 Å². The van der Waals surface area contributed by atoms with Crippen molar-refractivity contribution in [1.29, 1.82) is 0 Å². The summed E-state index contributed by atoms with van der Waals surface area (Å²) in [4.78, 5) is 36.2. The minimum atomic E-state index is -4.21. The van der Waals surface area contributed by atoms with Crippen molar-refractivity contribution in [2.24, 2.45) is 5.92 Å². The number of amides is 2. The number of alkyl carbamates (subject to hydrolysis) is 1. The Morgan fingerprint density at radius 2 is 1.79 bits per heavy atom. The van der Waals surface area contributed by atoms with Gasteiger partial charge in [-0.1, -0.05) is 57.5 Å². The molecule has 1 unspecified atom stereocenters. The van der Waals surface area contributed by atoms with E-state index < -0.39 is 25.9 Å². The molecule has 8 nitrogen and oxygen atoms in total. The Bertz CT molecular complexity index is 661. The van der Waals surface area contributed by atoms with Crippen LogP contribution in [0.25, 0.3) is 0 Å². The van der Waals surface area contributed by atoms with Gasteiger partial charge in [0.25, 0.3) is 0 Å². The number of nitrogens with one attached hydrogen (secondary N) is 3. The molecule has 0 radical (unpaired) electrons. The molecule has 0 saturated heterocycles. The molecule has 0 fully saturated rings. The number of carbonyl (C=O) groups is 2. The zero-order valence-electron chi connectivity index (χ0n) is 17.8. The second kappa shape index (κ2) is 14.7. The Morgan fingerprint density at radius 3 is 2.38 bits per heavy atom. The van der Waals surface area contributed by atoms with E-state index in [-0.39, 0.29) is 31.4 Å². The summed E-state index contributed by atoms with van der Waals surface area (Å²) in [5.41, 5.74) is 0.794. The number of rotatable bonds is 12. The van der Waals surface area contributed by atoms with E-state index in [1.54, 1.807) is 12.1 Å². The Kier molecular flexibility index (Phi) is 14.0. The topological polar surface area (TPSA) is 120 Å². The molecule has 1 aromatic carbocycles. The summed E-state index contributed by atoms with van der Waals surface area (Å²) in [6.07, 6.45) is 0.351. The Balaban J connectivity index is 0.00000784. The van der Waals surface area contributed by atoms with Crippen LogP contribution in [0, 0.1) is 5.92 Å². The third-order valence-corrected chi connectivity index (χ3v) is 5.19. The molecule has 0 aliphatic heterocycles. The summed E-state index contributed by atoms with van der Waals surface area (Å²) in [6.45, 7) is 6.49. The molecule has 2 amide bonds. The molecule has 1 aromatic rings. The largest absolute Gasteiger partial charge is 1.00 e. The molecule has 1 rings (SSSR count). The van der Waals surface area contributed by atoms with Crippen LogP contribution in [0.5, 0.6) is 0 Å². The van der Waals surface area contributed by atoms with E-state index in [0.717, 1.165) is 12.0 Å². The molecule has 3 N–H and O–H groups in total. The maximum absolute atomic E-state index is 12.2. The van der Waals surface area contributed by atoms with Crippen molar-refractivity contribution in [3.8, 4) is 0 Å². The van der Waals surface area contributed by atoms with E-state index in [1.165, 1.54) is 0 Å². The van der Waals surface area contributed by atoms with Gasteiger partial charge in [-0.2, -0.15) is 0 Å². The van der Waals surface area contributed by atoms with Gasteiger partial charge in [-0.3, -0.25) is 9.88 Å². The van der Waals surface area contributed by atoms with Gasteiger partial charge >= 0.3 is 25.0 Å². The number of hydrogen-bond acceptors (Lipinski definition) is 5. The van der Waals surface area contributed by atoms with Crippen LogP contribution in [0.1, 0.15) is 45.6 Å². The molecule has 0 aliphatic rings. The summed E-state index contributed by atoms with van der Waals surface area (Å²) in [5.74, 6) is 0.0832. The SMILES string of the molecule is CCC[C@H](NP(=O)([O-])CNC(=O)OCc1ccccc1)C(=O)NCCC(C)C.[Li+]. The summed E-state index contributed by atoms with van der Waals surface area (Å²) in [7, 11) is -4.21. The molecule has 0 bridgehead atoms. The molecule has 158 valence electrons. The first kappa shape index (κ1) is 27.7. The summed E-state index contributed by atoms with van der Waals surface area (Å²) in [6, 6.07) is 8.19. The van der Waals surface area contributed by atoms with Gasteiger partial charge in [-0.25, -0.2) is 4.79 Å². The first-order valence-corrected chi connectivity index (χ1v) is 11.3. The maximum Gasteiger partial charge on any atom is 1.00 e. The van der Waals surface area contributed by atoms with Gasteiger partial charge in [0.2, 0.25) is 5.91 Å². The summed E-state index contributed by atoms with van der Waals surface area (Å²) >= 11 is 0. The Labute approximate surface area is 185 Å². The fourth-order valence-corrected chi connectivity index (χ4v) is 3.53. The molecule has 10 heteroatoms. The maximum atomic E-state index is 12.2. The average molecular weight is 419 g/mol. The average Bonchev–Trinajstić information content (AvgIpc) is 2.65. The third kappa shape index (κ3) is 12.8. The van der Waals surface area contributed by atoms with Crippen LogP contribution < -0.4 is 39.5 Å². The number of hydrogen-bond donors (Lipinski definition) is 3. The number of ether oxygens (including phenoxy) is 1. The zero-order valence-corrected chi connectivity index (χ0v) is 18.7. The van der Waals surface area contributed by atoms with Gasteiger partial charge in [-0.05, 0) is 24.3 Å². The van der Waals surface area contributed by atoms with Gasteiger partial charge in [0.05, 0.1) is 19.8 Å². The van der Waals surface area contributed by atoms with E-state index in [4.69, 9.17) is 4.74 Å². The summed E-state index contributed by atoms with van der Waals surface area (Å²) in [5, 5.41) is 7.34. The predicted molar refractivity (Wildman–Crippen MR) is 107 cm³/mol. The van der Waals surface area contributed by atoms with Crippen LogP contribution in [0.15, 0.2) is 30.3 Å². The Hall–Kier alpha value is -1.29.